The summed E-state index contributed by atoms with van der Waals surface area (Å²) in [5.74, 6) is 0.148. The molecule has 1 atom stereocenters. The number of anilines is 2. The van der Waals surface area contributed by atoms with Gasteiger partial charge in [-0.1, -0.05) is 16.8 Å². The van der Waals surface area contributed by atoms with Crippen LogP contribution in [0, 0.1) is 12.8 Å². The van der Waals surface area contributed by atoms with E-state index in [-0.39, 0.29) is 18.2 Å². The van der Waals surface area contributed by atoms with Crippen LogP contribution in [0.25, 0.3) is 10.8 Å². The Morgan fingerprint density at radius 1 is 1.33 bits per heavy atom. The van der Waals surface area contributed by atoms with E-state index >= 15 is 0 Å². The molecule has 1 aliphatic heterocycles. The van der Waals surface area contributed by atoms with Gasteiger partial charge in [0, 0.05) is 23.7 Å². The molecule has 1 aliphatic rings. The van der Waals surface area contributed by atoms with E-state index in [0.717, 1.165) is 5.69 Å². The lowest BCUT2D eigenvalue weighted by Gasteiger charge is -2.16. The van der Waals surface area contributed by atoms with Gasteiger partial charge in [-0.05, 0) is 42.6 Å². The lowest BCUT2D eigenvalue weighted by molar-refractivity contribution is -0.122. The van der Waals surface area contributed by atoms with Gasteiger partial charge in [0.2, 0.25) is 11.8 Å². The average molecular weight is 403 g/mol. The molecule has 1 N–H and O–H groups in total. The summed E-state index contributed by atoms with van der Waals surface area (Å²) in [7, 11) is 0. The van der Waals surface area contributed by atoms with Crippen molar-refractivity contribution in [2.24, 2.45) is 5.92 Å². The van der Waals surface area contributed by atoms with E-state index in [2.05, 4.69) is 15.5 Å². The number of halogens is 1. The maximum absolute atomic E-state index is 12.7. The molecule has 3 aromatic rings. The van der Waals surface area contributed by atoms with E-state index < -0.39 is 5.92 Å². The Balaban J connectivity index is 1.48. The molecule has 2 amide bonds. The Bertz CT molecular complexity index is 998. The molecule has 0 spiro atoms. The molecule has 1 saturated heterocycles. The smallest absolute Gasteiger partial charge is 0.270 e. The van der Waals surface area contributed by atoms with Gasteiger partial charge in [-0.2, -0.15) is 4.98 Å². The zero-order valence-corrected chi connectivity index (χ0v) is 15.9. The summed E-state index contributed by atoms with van der Waals surface area (Å²) in [5.41, 5.74) is 1.34. The number of carbonyl (C=O) groups excluding carboxylic acids is 2. The third kappa shape index (κ3) is 3.58. The highest BCUT2D eigenvalue weighted by molar-refractivity contribution is 7.14. The van der Waals surface area contributed by atoms with Gasteiger partial charge in [-0.15, -0.1) is 11.3 Å². The van der Waals surface area contributed by atoms with Crippen LogP contribution in [-0.4, -0.2) is 28.5 Å². The van der Waals surface area contributed by atoms with Gasteiger partial charge in [0.05, 0.1) is 11.6 Å². The van der Waals surface area contributed by atoms with Crippen molar-refractivity contribution < 1.29 is 14.1 Å². The summed E-state index contributed by atoms with van der Waals surface area (Å²) >= 11 is 7.30. The SMILES string of the molecule is Cc1noc(-c2sccc2NC(=O)C2CC(=O)N(c3ccc(Cl)cc3)C2)n1. The summed E-state index contributed by atoms with van der Waals surface area (Å²) in [6.45, 7) is 2.06. The number of thiophene rings is 1. The summed E-state index contributed by atoms with van der Waals surface area (Å²) in [6.07, 6.45) is 0.160. The van der Waals surface area contributed by atoms with Gasteiger partial charge in [-0.3, -0.25) is 9.59 Å². The summed E-state index contributed by atoms with van der Waals surface area (Å²) in [5, 5.41) is 9.10. The number of aryl methyl sites for hydroxylation is 1. The number of benzene rings is 1. The molecule has 0 saturated carbocycles. The highest BCUT2D eigenvalue weighted by Gasteiger charge is 2.35. The van der Waals surface area contributed by atoms with E-state index in [0.29, 0.717) is 33.8 Å². The molecule has 27 heavy (non-hydrogen) atoms. The van der Waals surface area contributed by atoms with Gasteiger partial charge in [0.15, 0.2) is 5.82 Å². The van der Waals surface area contributed by atoms with Crippen LogP contribution in [0.1, 0.15) is 12.2 Å². The summed E-state index contributed by atoms with van der Waals surface area (Å²) < 4.78 is 5.18. The minimum atomic E-state index is -0.439. The topological polar surface area (TPSA) is 88.3 Å². The number of nitrogens with zero attached hydrogens (tertiary/aromatic N) is 3. The number of nitrogens with one attached hydrogen (secondary N) is 1. The zero-order chi connectivity index (χ0) is 19.0. The highest BCUT2D eigenvalue weighted by atomic mass is 35.5. The van der Waals surface area contributed by atoms with E-state index in [1.54, 1.807) is 42.2 Å². The first-order valence-electron chi connectivity index (χ1n) is 8.26. The minimum absolute atomic E-state index is 0.0875. The molecule has 2 aromatic heterocycles. The van der Waals surface area contributed by atoms with Crippen LogP contribution in [0.15, 0.2) is 40.2 Å². The molecule has 1 fully saturated rings. The standard InChI is InChI=1S/C18H15ClN4O3S/c1-10-20-18(26-22-10)16-14(6-7-27-16)21-17(25)11-8-15(24)23(9-11)13-4-2-12(19)3-5-13/h2-7,11H,8-9H2,1H3,(H,21,25). The van der Waals surface area contributed by atoms with Crippen LogP contribution in [0.3, 0.4) is 0 Å². The van der Waals surface area contributed by atoms with Crippen molar-refractivity contribution in [1.82, 2.24) is 10.1 Å². The maximum atomic E-state index is 12.7. The highest BCUT2D eigenvalue weighted by Crippen LogP contribution is 2.34. The second-order valence-corrected chi connectivity index (χ2v) is 7.53. The quantitative estimate of drug-likeness (QED) is 0.717. The van der Waals surface area contributed by atoms with Crippen molar-refractivity contribution >= 4 is 46.1 Å². The Morgan fingerprint density at radius 3 is 2.81 bits per heavy atom. The van der Waals surface area contributed by atoms with Crippen molar-refractivity contribution in [3.05, 3.63) is 46.6 Å². The first-order chi connectivity index (χ1) is 13.0. The Kier molecular flexibility index (Phi) is 4.67. The van der Waals surface area contributed by atoms with E-state index in [1.165, 1.54) is 11.3 Å². The van der Waals surface area contributed by atoms with Gasteiger partial charge in [0.25, 0.3) is 5.89 Å². The number of aromatic nitrogens is 2. The molecule has 0 radical (unpaired) electrons. The lowest BCUT2D eigenvalue weighted by Crippen LogP contribution is -2.28. The number of carbonyl (C=O) groups is 2. The number of hydrogen-bond acceptors (Lipinski definition) is 6. The van der Waals surface area contributed by atoms with Crippen molar-refractivity contribution in [1.29, 1.82) is 0 Å². The molecule has 9 heteroatoms. The van der Waals surface area contributed by atoms with Gasteiger partial charge in [-0.25, -0.2) is 0 Å². The molecule has 138 valence electrons. The monoisotopic (exact) mass is 402 g/mol. The second kappa shape index (κ2) is 7.13. The first-order valence-corrected chi connectivity index (χ1v) is 9.52. The molecule has 1 aromatic carbocycles. The fraction of sp³-hybridized carbons (Fsp3) is 0.222. The van der Waals surface area contributed by atoms with Crippen LogP contribution in [-0.2, 0) is 9.59 Å². The summed E-state index contributed by atoms with van der Waals surface area (Å²) in [4.78, 5) is 31.6. The van der Waals surface area contributed by atoms with Gasteiger partial charge < -0.3 is 14.7 Å². The molecule has 3 heterocycles. The van der Waals surface area contributed by atoms with Crippen LogP contribution >= 0.6 is 22.9 Å². The molecule has 0 aliphatic carbocycles. The first kappa shape index (κ1) is 17.7. The predicted octanol–water partition coefficient (Wildman–Crippen LogP) is 3.75. The second-order valence-electron chi connectivity index (χ2n) is 6.18. The summed E-state index contributed by atoms with van der Waals surface area (Å²) in [6, 6.07) is 8.78. The maximum Gasteiger partial charge on any atom is 0.270 e. The van der Waals surface area contributed by atoms with E-state index in [9.17, 15) is 9.59 Å². The minimum Gasteiger partial charge on any atom is -0.333 e. The van der Waals surface area contributed by atoms with Crippen molar-refractivity contribution in [2.75, 3.05) is 16.8 Å². The zero-order valence-electron chi connectivity index (χ0n) is 14.3. The molecule has 1 unspecified atom stereocenters. The lowest BCUT2D eigenvalue weighted by atomic mass is 10.1. The predicted molar refractivity (Wildman–Crippen MR) is 103 cm³/mol. The number of hydrogen-bond donors (Lipinski definition) is 1. The van der Waals surface area contributed by atoms with Gasteiger partial charge >= 0.3 is 0 Å². The molecular weight excluding hydrogens is 388 g/mol. The normalized spacial score (nSPS) is 16.7. The van der Waals surface area contributed by atoms with Crippen LogP contribution in [0.5, 0.6) is 0 Å². The van der Waals surface area contributed by atoms with Crippen molar-refractivity contribution in [3.63, 3.8) is 0 Å². The number of amides is 2. The van der Waals surface area contributed by atoms with Crippen molar-refractivity contribution in [3.8, 4) is 10.8 Å². The third-order valence-corrected chi connectivity index (χ3v) is 5.43. The van der Waals surface area contributed by atoms with E-state index in [4.69, 9.17) is 16.1 Å². The van der Waals surface area contributed by atoms with Crippen molar-refractivity contribution in [2.45, 2.75) is 13.3 Å². The Hall–Kier alpha value is -2.71. The average Bonchev–Trinajstić information content (AvgIpc) is 3.36. The Morgan fingerprint density at radius 2 is 2.11 bits per heavy atom. The molecule has 7 nitrogen and oxygen atoms in total. The van der Waals surface area contributed by atoms with E-state index in [1.807, 2.05) is 5.38 Å². The third-order valence-electron chi connectivity index (χ3n) is 4.28. The molecule has 4 rings (SSSR count). The number of rotatable bonds is 4. The molecule has 0 bridgehead atoms. The molecular formula is C18H15ClN4O3S. The van der Waals surface area contributed by atoms with Crippen LogP contribution < -0.4 is 10.2 Å². The largest absolute Gasteiger partial charge is 0.333 e. The Labute approximate surface area is 163 Å². The van der Waals surface area contributed by atoms with Gasteiger partial charge in [0.1, 0.15) is 4.88 Å². The van der Waals surface area contributed by atoms with Crippen LogP contribution in [0.4, 0.5) is 11.4 Å². The fourth-order valence-electron chi connectivity index (χ4n) is 2.95. The van der Waals surface area contributed by atoms with Crippen LogP contribution in [0.2, 0.25) is 5.02 Å². The fourth-order valence-corrected chi connectivity index (χ4v) is 3.85.